The normalized spacial score (nSPS) is 10.9. The van der Waals surface area contributed by atoms with Crippen LogP contribution in [0.3, 0.4) is 0 Å². The van der Waals surface area contributed by atoms with Crippen molar-refractivity contribution in [1.29, 1.82) is 0 Å². The number of aromatic nitrogens is 2. The first kappa shape index (κ1) is 18.1. The summed E-state index contributed by atoms with van der Waals surface area (Å²) in [4.78, 5) is 32.8. The third-order valence-electron chi connectivity index (χ3n) is 4.52. The molecule has 0 spiro atoms. The van der Waals surface area contributed by atoms with Crippen LogP contribution in [0.5, 0.6) is 0 Å². The molecular weight excluding hydrogens is 372 g/mol. The highest BCUT2D eigenvalue weighted by atomic mass is 32.1. The van der Waals surface area contributed by atoms with Gasteiger partial charge in [-0.25, -0.2) is 9.78 Å². The van der Waals surface area contributed by atoms with E-state index in [1.54, 1.807) is 6.07 Å². The van der Waals surface area contributed by atoms with Crippen molar-refractivity contribution in [2.24, 2.45) is 0 Å². The van der Waals surface area contributed by atoms with Crippen molar-refractivity contribution in [3.05, 3.63) is 86.8 Å². The number of hydrogen-bond donors (Lipinski definition) is 1. The van der Waals surface area contributed by atoms with Gasteiger partial charge in [-0.3, -0.25) is 4.79 Å². The second-order valence-electron chi connectivity index (χ2n) is 6.60. The van der Waals surface area contributed by atoms with Gasteiger partial charge in [-0.2, -0.15) is 0 Å². The maximum atomic E-state index is 12.6. The Labute approximate surface area is 165 Å². The summed E-state index contributed by atoms with van der Waals surface area (Å²) in [7, 11) is 0. The number of nitrogens with one attached hydrogen (secondary N) is 1. The molecule has 0 unspecified atom stereocenters. The average molecular weight is 390 g/mol. The first-order chi connectivity index (χ1) is 13.5. The van der Waals surface area contributed by atoms with Crippen molar-refractivity contribution >= 4 is 27.5 Å². The molecule has 0 saturated carbocycles. The SMILES string of the molecule is Cc1ccc(C(=O)OCc2nc3scc(-c4ccccc4)c3c(=O)[nH]2)c(C)c1. The molecule has 2 heterocycles. The lowest BCUT2D eigenvalue weighted by Crippen LogP contribution is -2.14. The summed E-state index contributed by atoms with van der Waals surface area (Å²) in [5, 5.41) is 2.48. The summed E-state index contributed by atoms with van der Waals surface area (Å²) in [5.41, 5.74) is 4.03. The average Bonchev–Trinajstić information content (AvgIpc) is 3.11. The van der Waals surface area contributed by atoms with Gasteiger partial charge < -0.3 is 9.72 Å². The largest absolute Gasteiger partial charge is 0.454 e. The molecule has 0 atom stereocenters. The zero-order valence-electron chi connectivity index (χ0n) is 15.5. The number of carbonyl (C=O) groups excluding carboxylic acids is 1. The quantitative estimate of drug-likeness (QED) is 0.516. The second-order valence-corrected chi connectivity index (χ2v) is 7.46. The van der Waals surface area contributed by atoms with E-state index in [4.69, 9.17) is 4.74 Å². The molecule has 0 fully saturated rings. The number of ether oxygens (including phenoxy) is 1. The van der Waals surface area contributed by atoms with Gasteiger partial charge in [-0.05, 0) is 31.0 Å². The lowest BCUT2D eigenvalue weighted by atomic mass is 10.1. The maximum absolute atomic E-state index is 12.6. The number of aromatic amines is 1. The highest BCUT2D eigenvalue weighted by Crippen LogP contribution is 2.30. The number of hydrogen-bond acceptors (Lipinski definition) is 5. The molecule has 4 rings (SSSR count). The Bertz CT molecular complexity index is 1230. The van der Waals surface area contributed by atoms with Crippen LogP contribution in [0, 0.1) is 13.8 Å². The molecule has 0 aliphatic carbocycles. The molecule has 6 heteroatoms. The fourth-order valence-electron chi connectivity index (χ4n) is 3.15. The van der Waals surface area contributed by atoms with E-state index in [0.717, 1.165) is 22.3 Å². The molecule has 0 aliphatic heterocycles. The molecule has 0 aliphatic rings. The van der Waals surface area contributed by atoms with E-state index in [0.29, 0.717) is 21.6 Å². The summed E-state index contributed by atoms with van der Waals surface area (Å²) < 4.78 is 5.36. The lowest BCUT2D eigenvalue weighted by molar-refractivity contribution is 0.0461. The fourth-order valence-corrected chi connectivity index (χ4v) is 4.11. The summed E-state index contributed by atoms with van der Waals surface area (Å²) >= 11 is 1.40. The summed E-state index contributed by atoms with van der Waals surface area (Å²) in [6, 6.07) is 15.3. The van der Waals surface area contributed by atoms with Gasteiger partial charge in [-0.15, -0.1) is 11.3 Å². The summed E-state index contributed by atoms with van der Waals surface area (Å²) in [6.45, 7) is 3.75. The Morgan fingerprint density at radius 3 is 2.68 bits per heavy atom. The van der Waals surface area contributed by atoms with E-state index >= 15 is 0 Å². The Balaban J connectivity index is 1.59. The van der Waals surface area contributed by atoms with E-state index in [9.17, 15) is 9.59 Å². The number of benzene rings is 2. The molecule has 4 aromatic rings. The lowest BCUT2D eigenvalue weighted by Gasteiger charge is -2.08. The monoisotopic (exact) mass is 390 g/mol. The van der Waals surface area contributed by atoms with Gasteiger partial charge in [0.05, 0.1) is 10.9 Å². The topological polar surface area (TPSA) is 72.0 Å². The van der Waals surface area contributed by atoms with Crippen molar-refractivity contribution < 1.29 is 9.53 Å². The number of rotatable bonds is 4. The van der Waals surface area contributed by atoms with Crippen LogP contribution in [0.15, 0.2) is 58.7 Å². The minimum Gasteiger partial charge on any atom is -0.454 e. The zero-order chi connectivity index (χ0) is 19.7. The first-order valence-electron chi connectivity index (χ1n) is 8.83. The third-order valence-corrected chi connectivity index (χ3v) is 5.39. The van der Waals surface area contributed by atoms with Crippen LogP contribution in [-0.2, 0) is 11.3 Å². The van der Waals surface area contributed by atoms with Gasteiger partial charge in [0.25, 0.3) is 5.56 Å². The predicted molar refractivity (Wildman–Crippen MR) is 111 cm³/mol. The van der Waals surface area contributed by atoms with E-state index < -0.39 is 5.97 Å². The van der Waals surface area contributed by atoms with Crippen LogP contribution in [-0.4, -0.2) is 15.9 Å². The number of aryl methyl sites for hydroxylation is 2. The van der Waals surface area contributed by atoms with Crippen LogP contribution in [0.1, 0.15) is 27.3 Å². The van der Waals surface area contributed by atoms with E-state index in [-0.39, 0.29) is 12.2 Å². The molecular formula is C22H18N2O3S. The highest BCUT2D eigenvalue weighted by molar-refractivity contribution is 7.17. The fraction of sp³-hybridized carbons (Fsp3) is 0.136. The molecule has 0 saturated heterocycles. The minimum atomic E-state index is -0.434. The zero-order valence-corrected chi connectivity index (χ0v) is 16.3. The van der Waals surface area contributed by atoms with Gasteiger partial charge in [0.2, 0.25) is 0 Å². The van der Waals surface area contributed by atoms with Crippen molar-refractivity contribution in [3.8, 4) is 11.1 Å². The summed E-state index contributed by atoms with van der Waals surface area (Å²) in [6.07, 6.45) is 0. The van der Waals surface area contributed by atoms with E-state index in [1.807, 2.05) is 61.7 Å². The van der Waals surface area contributed by atoms with Gasteiger partial charge in [0.15, 0.2) is 0 Å². The second kappa shape index (κ2) is 7.40. The number of carbonyl (C=O) groups is 1. The number of esters is 1. The van der Waals surface area contributed by atoms with Crippen LogP contribution in [0.25, 0.3) is 21.3 Å². The number of thiophene rings is 1. The Morgan fingerprint density at radius 2 is 1.93 bits per heavy atom. The number of nitrogens with zero attached hydrogens (tertiary/aromatic N) is 1. The van der Waals surface area contributed by atoms with Crippen LogP contribution in [0.2, 0.25) is 0 Å². The smallest absolute Gasteiger partial charge is 0.338 e. The van der Waals surface area contributed by atoms with Crippen molar-refractivity contribution in [2.75, 3.05) is 0 Å². The van der Waals surface area contributed by atoms with Crippen LogP contribution in [0.4, 0.5) is 0 Å². The van der Waals surface area contributed by atoms with Crippen molar-refractivity contribution in [3.63, 3.8) is 0 Å². The maximum Gasteiger partial charge on any atom is 0.338 e. The van der Waals surface area contributed by atoms with Crippen molar-refractivity contribution in [2.45, 2.75) is 20.5 Å². The molecule has 5 nitrogen and oxygen atoms in total. The van der Waals surface area contributed by atoms with Gasteiger partial charge in [0.1, 0.15) is 17.3 Å². The summed E-state index contributed by atoms with van der Waals surface area (Å²) in [5.74, 6) is -0.103. The number of fused-ring (bicyclic) bond motifs is 1. The molecule has 0 bridgehead atoms. The molecule has 0 radical (unpaired) electrons. The van der Waals surface area contributed by atoms with Gasteiger partial charge >= 0.3 is 5.97 Å². The van der Waals surface area contributed by atoms with Gasteiger partial charge in [0, 0.05) is 10.9 Å². The first-order valence-corrected chi connectivity index (χ1v) is 9.71. The Morgan fingerprint density at radius 1 is 1.14 bits per heavy atom. The predicted octanol–water partition coefficient (Wildman–Crippen LogP) is 4.63. The molecule has 28 heavy (non-hydrogen) atoms. The van der Waals surface area contributed by atoms with Crippen LogP contribution < -0.4 is 5.56 Å². The number of H-pyrrole nitrogens is 1. The van der Waals surface area contributed by atoms with E-state index in [2.05, 4.69) is 9.97 Å². The third kappa shape index (κ3) is 3.46. The molecule has 2 aromatic heterocycles. The molecule has 0 amide bonds. The molecule has 140 valence electrons. The minimum absolute atomic E-state index is 0.0874. The molecule has 2 aromatic carbocycles. The van der Waals surface area contributed by atoms with Gasteiger partial charge in [-0.1, -0.05) is 48.0 Å². The molecule has 1 N–H and O–H groups in total. The van der Waals surface area contributed by atoms with E-state index in [1.165, 1.54) is 11.3 Å². The standard InChI is InChI=1S/C22H18N2O3S/c1-13-8-9-16(14(2)10-13)22(26)27-11-18-23-20(25)19-17(12-28-21(19)24-18)15-6-4-3-5-7-15/h3-10,12H,11H2,1-2H3,(H,23,24,25). The van der Waals surface area contributed by atoms with Crippen molar-refractivity contribution in [1.82, 2.24) is 9.97 Å². The highest BCUT2D eigenvalue weighted by Gasteiger charge is 2.15. The van der Waals surface area contributed by atoms with Crippen LogP contribution >= 0.6 is 11.3 Å². The Hall–Kier alpha value is -3.25. The Kier molecular flexibility index (Phi) is 4.79.